The van der Waals surface area contributed by atoms with Crippen LogP contribution in [0.15, 0.2) is 39.9 Å². The number of aryl methyl sites for hydroxylation is 1. The minimum atomic E-state index is -0.279. The van der Waals surface area contributed by atoms with E-state index >= 15 is 0 Å². The average molecular weight is 302 g/mol. The number of rotatable bonds is 5. The van der Waals surface area contributed by atoms with E-state index in [1.54, 1.807) is 24.2 Å². The highest BCUT2D eigenvalue weighted by molar-refractivity contribution is 5.94. The maximum atomic E-state index is 12.8. The molecule has 0 aliphatic carbocycles. The van der Waals surface area contributed by atoms with E-state index in [0.29, 0.717) is 12.3 Å². The largest absolute Gasteiger partial charge is 0.467 e. The Labute approximate surface area is 130 Å². The summed E-state index contributed by atoms with van der Waals surface area (Å²) in [6.07, 6.45) is 3.07. The van der Waals surface area contributed by atoms with Gasteiger partial charge in [-0.05, 0) is 31.9 Å². The van der Waals surface area contributed by atoms with E-state index in [9.17, 15) is 9.59 Å². The number of carbonyl (C=O) groups is 1. The zero-order chi connectivity index (χ0) is 16.3. The number of carbonyl (C=O) groups excluding carboxylic acids is 1. The number of amides is 1. The zero-order valence-electron chi connectivity index (χ0n) is 13.4. The van der Waals surface area contributed by atoms with Crippen LogP contribution in [0.2, 0.25) is 0 Å². The molecule has 0 saturated heterocycles. The minimum Gasteiger partial charge on any atom is -0.467 e. The summed E-state index contributed by atoms with van der Waals surface area (Å²) >= 11 is 0. The molecular weight excluding hydrogens is 280 g/mol. The number of aromatic amines is 1. The van der Waals surface area contributed by atoms with Gasteiger partial charge in [-0.25, -0.2) is 0 Å². The fourth-order valence-electron chi connectivity index (χ4n) is 2.23. The van der Waals surface area contributed by atoms with Crippen molar-refractivity contribution in [2.45, 2.75) is 40.3 Å². The maximum absolute atomic E-state index is 12.8. The third kappa shape index (κ3) is 3.47. The molecule has 2 rings (SSSR count). The van der Waals surface area contributed by atoms with Crippen LogP contribution in [0, 0.1) is 12.8 Å². The Bertz CT molecular complexity index is 686. The first-order valence-electron chi connectivity index (χ1n) is 7.43. The standard InChI is InChI=1S/C17H22N2O3/c1-11(2)13(4)19(10-14-6-5-7-22-14)17(21)15-9-18-12(3)8-16(15)20/h5-9,11,13H,10H2,1-4H3,(H,18,20). The molecule has 2 aromatic heterocycles. The molecule has 22 heavy (non-hydrogen) atoms. The molecule has 0 bridgehead atoms. The van der Waals surface area contributed by atoms with Gasteiger partial charge in [-0.2, -0.15) is 0 Å². The molecule has 1 N–H and O–H groups in total. The second-order valence-corrected chi connectivity index (χ2v) is 5.89. The highest BCUT2D eigenvalue weighted by atomic mass is 16.3. The van der Waals surface area contributed by atoms with Crippen LogP contribution in [0.5, 0.6) is 0 Å². The van der Waals surface area contributed by atoms with Crippen LogP contribution in [0.1, 0.15) is 42.6 Å². The second-order valence-electron chi connectivity index (χ2n) is 5.89. The van der Waals surface area contributed by atoms with Gasteiger partial charge >= 0.3 is 0 Å². The normalized spacial score (nSPS) is 12.4. The Hall–Kier alpha value is -2.30. The smallest absolute Gasteiger partial charge is 0.259 e. The van der Waals surface area contributed by atoms with Crippen LogP contribution < -0.4 is 5.43 Å². The van der Waals surface area contributed by atoms with Crippen molar-refractivity contribution in [3.05, 3.63) is 57.9 Å². The first-order valence-corrected chi connectivity index (χ1v) is 7.43. The van der Waals surface area contributed by atoms with E-state index < -0.39 is 0 Å². The van der Waals surface area contributed by atoms with Gasteiger partial charge in [-0.3, -0.25) is 9.59 Å². The molecule has 0 aromatic carbocycles. The van der Waals surface area contributed by atoms with Crippen LogP contribution in [0.4, 0.5) is 0 Å². The molecule has 1 atom stereocenters. The number of nitrogens with one attached hydrogen (secondary N) is 1. The van der Waals surface area contributed by atoms with Gasteiger partial charge in [0, 0.05) is 24.0 Å². The highest BCUT2D eigenvalue weighted by Crippen LogP contribution is 2.17. The third-order valence-corrected chi connectivity index (χ3v) is 3.91. The van der Waals surface area contributed by atoms with Crippen molar-refractivity contribution in [3.8, 4) is 0 Å². The summed E-state index contributed by atoms with van der Waals surface area (Å²) in [7, 11) is 0. The summed E-state index contributed by atoms with van der Waals surface area (Å²) in [6, 6.07) is 5.04. The summed E-state index contributed by atoms with van der Waals surface area (Å²) in [5.74, 6) is 0.687. The third-order valence-electron chi connectivity index (χ3n) is 3.91. The van der Waals surface area contributed by atoms with Crippen molar-refractivity contribution in [3.63, 3.8) is 0 Å². The maximum Gasteiger partial charge on any atom is 0.259 e. The fourth-order valence-corrected chi connectivity index (χ4v) is 2.23. The monoisotopic (exact) mass is 302 g/mol. The number of hydrogen-bond acceptors (Lipinski definition) is 3. The predicted molar refractivity (Wildman–Crippen MR) is 84.7 cm³/mol. The molecule has 0 saturated carbocycles. The molecule has 0 aliphatic rings. The van der Waals surface area contributed by atoms with Crippen LogP contribution in [-0.2, 0) is 6.54 Å². The van der Waals surface area contributed by atoms with E-state index in [1.165, 1.54) is 12.3 Å². The van der Waals surface area contributed by atoms with Crippen LogP contribution in [-0.4, -0.2) is 21.8 Å². The molecule has 2 aromatic rings. The van der Waals surface area contributed by atoms with Gasteiger partial charge in [0.05, 0.1) is 12.8 Å². The Kier molecular flexibility index (Phi) is 4.85. The van der Waals surface area contributed by atoms with E-state index in [0.717, 1.165) is 5.69 Å². The number of hydrogen-bond donors (Lipinski definition) is 1. The van der Waals surface area contributed by atoms with Gasteiger partial charge in [0.25, 0.3) is 5.91 Å². The molecule has 1 amide bonds. The minimum absolute atomic E-state index is 0.0155. The Morgan fingerprint density at radius 1 is 1.36 bits per heavy atom. The molecule has 1 unspecified atom stereocenters. The summed E-state index contributed by atoms with van der Waals surface area (Å²) in [4.78, 5) is 29.5. The molecule has 0 radical (unpaired) electrons. The first-order chi connectivity index (χ1) is 10.4. The van der Waals surface area contributed by atoms with Crippen molar-refractivity contribution < 1.29 is 9.21 Å². The summed E-state index contributed by atoms with van der Waals surface area (Å²) in [5.41, 5.74) is 0.627. The zero-order valence-corrected chi connectivity index (χ0v) is 13.4. The molecule has 2 heterocycles. The lowest BCUT2D eigenvalue weighted by atomic mass is 10.0. The van der Waals surface area contributed by atoms with Gasteiger partial charge in [-0.1, -0.05) is 13.8 Å². The van der Waals surface area contributed by atoms with Gasteiger partial charge in [0.2, 0.25) is 0 Å². The molecule has 0 aliphatic heterocycles. The lowest BCUT2D eigenvalue weighted by molar-refractivity contribution is 0.0609. The molecule has 118 valence electrons. The number of aromatic nitrogens is 1. The van der Waals surface area contributed by atoms with Crippen LogP contribution >= 0.6 is 0 Å². The van der Waals surface area contributed by atoms with Crippen LogP contribution in [0.25, 0.3) is 0 Å². The Balaban J connectivity index is 2.35. The lowest BCUT2D eigenvalue weighted by Crippen LogP contribution is -2.42. The lowest BCUT2D eigenvalue weighted by Gasteiger charge is -2.31. The predicted octanol–water partition coefficient (Wildman–Crippen LogP) is 2.96. The van der Waals surface area contributed by atoms with Gasteiger partial charge < -0.3 is 14.3 Å². The number of furan rings is 1. The summed E-state index contributed by atoms with van der Waals surface area (Å²) < 4.78 is 5.35. The molecule has 0 spiro atoms. The van der Waals surface area contributed by atoms with E-state index in [1.807, 2.05) is 26.8 Å². The van der Waals surface area contributed by atoms with E-state index in [4.69, 9.17) is 4.42 Å². The van der Waals surface area contributed by atoms with E-state index in [-0.39, 0.29) is 28.9 Å². The number of nitrogens with zero attached hydrogens (tertiary/aromatic N) is 1. The number of pyridine rings is 1. The van der Waals surface area contributed by atoms with E-state index in [2.05, 4.69) is 4.98 Å². The Morgan fingerprint density at radius 3 is 2.64 bits per heavy atom. The molecular formula is C17H22N2O3. The summed E-state index contributed by atoms with van der Waals surface area (Å²) in [5, 5.41) is 0. The van der Waals surface area contributed by atoms with Gasteiger partial charge in [0.1, 0.15) is 11.3 Å². The van der Waals surface area contributed by atoms with Crippen molar-refractivity contribution in [2.24, 2.45) is 5.92 Å². The quantitative estimate of drug-likeness (QED) is 0.923. The number of H-pyrrole nitrogens is 1. The SMILES string of the molecule is Cc1cc(=O)c(C(=O)N(Cc2ccco2)C(C)C(C)C)c[nH]1. The van der Waals surface area contributed by atoms with Gasteiger partial charge in [-0.15, -0.1) is 0 Å². The first kappa shape index (κ1) is 16.1. The van der Waals surface area contributed by atoms with Crippen LogP contribution in [0.3, 0.4) is 0 Å². The van der Waals surface area contributed by atoms with Crippen molar-refractivity contribution in [1.29, 1.82) is 0 Å². The van der Waals surface area contributed by atoms with Gasteiger partial charge in [0.15, 0.2) is 5.43 Å². The summed E-state index contributed by atoms with van der Waals surface area (Å²) in [6.45, 7) is 8.21. The fraction of sp³-hybridized carbons (Fsp3) is 0.412. The average Bonchev–Trinajstić information content (AvgIpc) is 2.96. The molecule has 5 nitrogen and oxygen atoms in total. The van der Waals surface area contributed by atoms with Crippen molar-refractivity contribution in [2.75, 3.05) is 0 Å². The second kappa shape index (κ2) is 6.64. The topological polar surface area (TPSA) is 66.3 Å². The highest BCUT2D eigenvalue weighted by Gasteiger charge is 2.26. The van der Waals surface area contributed by atoms with Crippen molar-refractivity contribution >= 4 is 5.91 Å². The molecule has 0 fully saturated rings. The van der Waals surface area contributed by atoms with Crippen molar-refractivity contribution in [1.82, 2.24) is 9.88 Å². The molecule has 5 heteroatoms. The Morgan fingerprint density at radius 2 is 2.09 bits per heavy atom.